The summed E-state index contributed by atoms with van der Waals surface area (Å²) in [6.45, 7) is 3.70. The van der Waals surface area contributed by atoms with Gasteiger partial charge in [-0.3, -0.25) is 4.68 Å². The van der Waals surface area contributed by atoms with Gasteiger partial charge >= 0.3 is 0 Å². The van der Waals surface area contributed by atoms with Crippen LogP contribution in [0, 0.1) is 19.7 Å². The number of rotatable bonds is 0. The third kappa shape index (κ3) is 1.11. The summed E-state index contributed by atoms with van der Waals surface area (Å²) in [4.78, 5) is 0. The van der Waals surface area contributed by atoms with Crippen LogP contribution in [-0.2, 0) is 7.05 Å². The Morgan fingerprint density at radius 2 is 2.00 bits per heavy atom. The maximum atomic E-state index is 13.5. The van der Waals surface area contributed by atoms with E-state index in [9.17, 15) is 4.39 Å². The van der Waals surface area contributed by atoms with Crippen LogP contribution in [-0.4, -0.2) is 9.78 Å². The summed E-state index contributed by atoms with van der Waals surface area (Å²) in [6.07, 6.45) is 0. The van der Waals surface area contributed by atoms with Crippen LogP contribution < -0.4 is 0 Å². The molecule has 2 nitrogen and oxygen atoms in total. The normalized spacial score (nSPS) is 11.1. The van der Waals surface area contributed by atoms with E-state index in [1.807, 2.05) is 27.0 Å². The van der Waals surface area contributed by atoms with Gasteiger partial charge in [-0.25, -0.2) is 4.39 Å². The van der Waals surface area contributed by atoms with Crippen LogP contribution in [0.25, 0.3) is 10.9 Å². The Balaban J connectivity index is 2.97. The number of aromatic nitrogens is 2. The molecule has 0 fully saturated rings. The number of halogens is 1. The molecule has 2 rings (SSSR count). The van der Waals surface area contributed by atoms with E-state index < -0.39 is 0 Å². The highest BCUT2D eigenvalue weighted by molar-refractivity contribution is 5.83. The van der Waals surface area contributed by atoms with E-state index in [4.69, 9.17) is 0 Å². The molecule has 0 aliphatic rings. The van der Waals surface area contributed by atoms with Gasteiger partial charge in [-0.2, -0.15) is 5.10 Å². The van der Waals surface area contributed by atoms with E-state index in [1.54, 1.807) is 4.68 Å². The predicted molar refractivity (Wildman–Crippen MR) is 50.1 cm³/mol. The van der Waals surface area contributed by atoms with E-state index >= 15 is 0 Å². The standard InChI is InChI=1S/C10H11FN2/c1-6-4-8(11)10-7(2)12-13(3)9(10)5-6/h4-5H,1-3H3. The van der Waals surface area contributed by atoms with Crippen LogP contribution in [0.15, 0.2) is 12.1 Å². The average molecular weight is 178 g/mol. The Morgan fingerprint density at radius 3 is 2.69 bits per heavy atom. The summed E-state index contributed by atoms with van der Waals surface area (Å²) in [5, 5.41) is 4.80. The second kappa shape index (κ2) is 2.55. The van der Waals surface area contributed by atoms with Crippen molar-refractivity contribution in [3.63, 3.8) is 0 Å². The second-order valence-electron chi connectivity index (χ2n) is 3.35. The molecule has 0 radical (unpaired) electrons. The Kier molecular flexibility index (Phi) is 1.62. The molecule has 0 saturated carbocycles. The molecule has 68 valence electrons. The summed E-state index contributed by atoms with van der Waals surface area (Å²) in [5.41, 5.74) is 2.53. The summed E-state index contributed by atoms with van der Waals surface area (Å²) < 4.78 is 15.2. The largest absolute Gasteiger partial charge is 0.268 e. The molecule has 1 aromatic heterocycles. The maximum Gasteiger partial charge on any atom is 0.134 e. The van der Waals surface area contributed by atoms with Crippen LogP contribution in [0.1, 0.15) is 11.3 Å². The number of hydrogen-bond acceptors (Lipinski definition) is 1. The van der Waals surface area contributed by atoms with Crippen LogP contribution in [0.4, 0.5) is 4.39 Å². The lowest BCUT2D eigenvalue weighted by Gasteiger charge is -1.97. The summed E-state index contributed by atoms with van der Waals surface area (Å²) in [6, 6.07) is 3.48. The molecule has 0 N–H and O–H groups in total. The zero-order valence-electron chi connectivity index (χ0n) is 7.93. The minimum atomic E-state index is -0.180. The molecule has 0 atom stereocenters. The summed E-state index contributed by atoms with van der Waals surface area (Å²) in [5.74, 6) is -0.180. The fourth-order valence-corrected chi connectivity index (χ4v) is 1.67. The van der Waals surface area contributed by atoms with Crippen molar-refractivity contribution in [2.45, 2.75) is 13.8 Å². The smallest absolute Gasteiger partial charge is 0.134 e. The van der Waals surface area contributed by atoms with Crippen molar-refractivity contribution >= 4 is 10.9 Å². The molecular weight excluding hydrogens is 167 g/mol. The topological polar surface area (TPSA) is 17.8 Å². The molecule has 0 spiro atoms. The molecule has 1 heterocycles. The summed E-state index contributed by atoms with van der Waals surface area (Å²) in [7, 11) is 1.83. The minimum absolute atomic E-state index is 0.180. The van der Waals surface area contributed by atoms with Gasteiger partial charge in [-0.05, 0) is 31.5 Å². The van der Waals surface area contributed by atoms with E-state index in [0.717, 1.165) is 16.8 Å². The lowest BCUT2D eigenvalue weighted by Crippen LogP contribution is -1.90. The molecule has 0 aliphatic heterocycles. The SMILES string of the molecule is Cc1cc(F)c2c(C)nn(C)c2c1. The van der Waals surface area contributed by atoms with E-state index in [2.05, 4.69) is 5.10 Å². The van der Waals surface area contributed by atoms with E-state index in [-0.39, 0.29) is 5.82 Å². The minimum Gasteiger partial charge on any atom is -0.268 e. The Hall–Kier alpha value is -1.38. The molecule has 0 amide bonds. The zero-order chi connectivity index (χ0) is 9.59. The van der Waals surface area contributed by atoms with Gasteiger partial charge in [-0.15, -0.1) is 0 Å². The van der Waals surface area contributed by atoms with Crippen molar-refractivity contribution in [1.82, 2.24) is 9.78 Å². The highest BCUT2D eigenvalue weighted by atomic mass is 19.1. The first-order chi connectivity index (χ1) is 6.09. The van der Waals surface area contributed by atoms with Gasteiger partial charge < -0.3 is 0 Å². The number of aryl methyl sites for hydroxylation is 3. The molecule has 1 aromatic carbocycles. The maximum absolute atomic E-state index is 13.5. The van der Waals surface area contributed by atoms with E-state index in [0.29, 0.717) is 5.39 Å². The lowest BCUT2D eigenvalue weighted by molar-refractivity contribution is 0.638. The van der Waals surface area contributed by atoms with Crippen molar-refractivity contribution < 1.29 is 4.39 Å². The van der Waals surface area contributed by atoms with Crippen molar-refractivity contribution in [1.29, 1.82) is 0 Å². The van der Waals surface area contributed by atoms with Gasteiger partial charge in [0.2, 0.25) is 0 Å². The van der Waals surface area contributed by atoms with Crippen molar-refractivity contribution in [2.24, 2.45) is 7.05 Å². The number of fused-ring (bicyclic) bond motifs is 1. The van der Waals surface area contributed by atoms with Crippen molar-refractivity contribution in [3.05, 3.63) is 29.2 Å². The molecule has 0 aliphatic carbocycles. The third-order valence-electron chi connectivity index (χ3n) is 2.22. The molecule has 0 unspecified atom stereocenters. The Morgan fingerprint density at radius 1 is 1.31 bits per heavy atom. The fourth-order valence-electron chi connectivity index (χ4n) is 1.67. The lowest BCUT2D eigenvalue weighted by atomic mass is 10.1. The van der Waals surface area contributed by atoms with Crippen molar-refractivity contribution in [2.75, 3.05) is 0 Å². The van der Waals surface area contributed by atoms with Gasteiger partial charge in [0.25, 0.3) is 0 Å². The quantitative estimate of drug-likeness (QED) is 0.605. The highest BCUT2D eigenvalue weighted by Gasteiger charge is 2.09. The second-order valence-corrected chi connectivity index (χ2v) is 3.35. The summed E-state index contributed by atoms with van der Waals surface area (Å²) >= 11 is 0. The molecule has 0 bridgehead atoms. The number of benzene rings is 1. The van der Waals surface area contributed by atoms with Gasteiger partial charge in [-0.1, -0.05) is 0 Å². The monoisotopic (exact) mass is 178 g/mol. The predicted octanol–water partition coefficient (Wildman–Crippen LogP) is 2.33. The van der Waals surface area contributed by atoms with Crippen LogP contribution in [0.5, 0.6) is 0 Å². The zero-order valence-corrected chi connectivity index (χ0v) is 7.93. The van der Waals surface area contributed by atoms with Gasteiger partial charge in [0.05, 0.1) is 16.6 Å². The molecule has 0 saturated heterocycles. The van der Waals surface area contributed by atoms with Crippen LogP contribution in [0.3, 0.4) is 0 Å². The first kappa shape index (κ1) is 8.23. The third-order valence-corrected chi connectivity index (χ3v) is 2.22. The number of hydrogen-bond donors (Lipinski definition) is 0. The Labute approximate surface area is 76.0 Å². The fraction of sp³-hybridized carbons (Fsp3) is 0.300. The molecule has 2 aromatic rings. The van der Waals surface area contributed by atoms with Crippen molar-refractivity contribution in [3.8, 4) is 0 Å². The molecule has 13 heavy (non-hydrogen) atoms. The molecule has 3 heteroatoms. The van der Waals surface area contributed by atoms with Gasteiger partial charge in [0.15, 0.2) is 0 Å². The van der Waals surface area contributed by atoms with E-state index in [1.165, 1.54) is 6.07 Å². The first-order valence-corrected chi connectivity index (χ1v) is 4.19. The number of nitrogens with zero attached hydrogens (tertiary/aromatic N) is 2. The van der Waals surface area contributed by atoms with Crippen LogP contribution >= 0.6 is 0 Å². The average Bonchev–Trinajstić information content (AvgIpc) is 2.27. The van der Waals surface area contributed by atoms with Gasteiger partial charge in [0, 0.05) is 7.05 Å². The van der Waals surface area contributed by atoms with Crippen LogP contribution in [0.2, 0.25) is 0 Å². The highest BCUT2D eigenvalue weighted by Crippen LogP contribution is 2.22. The van der Waals surface area contributed by atoms with Gasteiger partial charge in [0.1, 0.15) is 5.82 Å². The molecular formula is C10H11FN2. The first-order valence-electron chi connectivity index (χ1n) is 4.19. The Bertz CT molecular complexity index is 471.